The molecule has 1 aliphatic carbocycles. The minimum Gasteiger partial charge on any atom is -0.387 e. The van der Waals surface area contributed by atoms with E-state index in [-0.39, 0.29) is 18.9 Å². The summed E-state index contributed by atoms with van der Waals surface area (Å²) in [4.78, 5) is 23.5. The van der Waals surface area contributed by atoms with Crippen LogP contribution in [-0.2, 0) is 11.0 Å². The van der Waals surface area contributed by atoms with Gasteiger partial charge in [-0.25, -0.2) is 4.39 Å². The van der Waals surface area contributed by atoms with Crippen molar-refractivity contribution in [3.05, 3.63) is 35.1 Å². The number of alkyl halides is 3. The molecule has 1 saturated carbocycles. The van der Waals surface area contributed by atoms with E-state index in [4.69, 9.17) is 5.73 Å². The van der Waals surface area contributed by atoms with Gasteiger partial charge in [0.2, 0.25) is 5.91 Å². The van der Waals surface area contributed by atoms with Crippen LogP contribution in [0, 0.1) is 5.82 Å². The van der Waals surface area contributed by atoms with Crippen molar-refractivity contribution in [3.63, 3.8) is 0 Å². The molecule has 1 fully saturated rings. The van der Waals surface area contributed by atoms with Gasteiger partial charge >= 0.3 is 6.18 Å². The average Bonchev–Trinajstić information content (AvgIpc) is 2.40. The zero-order valence-electron chi connectivity index (χ0n) is 11.8. The Kier molecular flexibility index (Phi) is 4.34. The first kappa shape index (κ1) is 17.2. The molecule has 1 aliphatic rings. The topological polar surface area (TPSA) is 92.4 Å². The molecule has 0 heterocycles. The van der Waals surface area contributed by atoms with Gasteiger partial charge in [-0.3, -0.25) is 9.59 Å². The van der Waals surface area contributed by atoms with Crippen molar-refractivity contribution in [1.82, 2.24) is 5.32 Å². The molecule has 2 amide bonds. The monoisotopic (exact) mass is 334 g/mol. The number of benzene rings is 1. The maximum atomic E-state index is 13.0. The number of nitrogens with two attached hydrogens (primary N) is 1. The van der Waals surface area contributed by atoms with Crippen LogP contribution in [-0.4, -0.2) is 28.6 Å². The number of nitrogens with one attached hydrogen (secondary N) is 1. The van der Waals surface area contributed by atoms with Gasteiger partial charge in [0.05, 0.1) is 16.7 Å². The summed E-state index contributed by atoms with van der Waals surface area (Å²) in [6, 6.07) is 0.0271. The molecule has 1 aromatic carbocycles. The van der Waals surface area contributed by atoms with Gasteiger partial charge in [0.1, 0.15) is 11.9 Å². The maximum absolute atomic E-state index is 13.0. The molecule has 1 aromatic rings. The lowest BCUT2D eigenvalue weighted by Crippen LogP contribution is -2.62. The van der Waals surface area contributed by atoms with Gasteiger partial charge in [0.25, 0.3) is 5.91 Å². The highest BCUT2D eigenvalue weighted by Crippen LogP contribution is 2.36. The SMILES string of the molecule is NC(=O)C(NC(=O)c1ccc(F)cc1C(F)(F)F)C1(O)CCC1. The molecular formula is C14H14F4N2O3. The van der Waals surface area contributed by atoms with Crippen LogP contribution in [0.4, 0.5) is 17.6 Å². The predicted molar refractivity (Wildman–Crippen MR) is 70.7 cm³/mol. The van der Waals surface area contributed by atoms with E-state index in [9.17, 15) is 32.3 Å². The first-order chi connectivity index (χ1) is 10.5. The van der Waals surface area contributed by atoms with Crippen LogP contribution in [0.3, 0.4) is 0 Å². The van der Waals surface area contributed by atoms with Crippen molar-refractivity contribution in [2.75, 3.05) is 0 Å². The van der Waals surface area contributed by atoms with Crippen LogP contribution >= 0.6 is 0 Å². The molecule has 23 heavy (non-hydrogen) atoms. The van der Waals surface area contributed by atoms with Gasteiger partial charge in [-0.05, 0) is 37.5 Å². The Balaban J connectivity index is 2.32. The number of hydrogen-bond donors (Lipinski definition) is 3. The number of aliphatic hydroxyl groups is 1. The van der Waals surface area contributed by atoms with Crippen LogP contribution in [0.1, 0.15) is 35.2 Å². The van der Waals surface area contributed by atoms with Crippen LogP contribution in [0.5, 0.6) is 0 Å². The first-order valence-corrected chi connectivity index (χ1v) is 6.74. The molecule has 0 radical (unpaired) electrons. The van der Waals surface area contributed by atoms with Crippen LogP contribution in [0.15, 0.2) is 18.2 Å². The zero-order valence-corrected chi connectivity index (χ0v) is 11.8. The Morgan fingerprint density at radius 3 is 2.35 bits per heavy atom. The van der Waals surface area contributed by atoms with Gasteiger partial charge in [-0.15, -0.1) is 0 Å². The summed E-state index contributed by atoms with van der Waals surface area (Å²) in [6.45, 7) is 0. The van der Waals surface area contributed by atoms with Crippen LogP contribution < -0.4 is 11.1 Å². The standard InChI is InChI=1S/C14H14F4N2O3/c15-7-2-3-8(9(6-7)14(16,17)18)12(22)20-10(11(19)21)13(23)4-1-5-13/h2-3,6,10,23H,1,4-5H2,(H2,19,21)(H,20,22). The summed E-state index contributed by atoms with van der Waals surface area (Å²) < 4.78 is 51.8. The van der Waals surface area contributed by atoms with Crippen molar-refractivity contribution in [2.45, 2.75) is 37.1 Å². The second kappa shape index (κ2) is 5.80. The highest BCUT2D eigenvalue weighted by molar-refractivity contribution is 5.99. The number of primary amides is 1. The molecule has 0 spiro atoms. The smallest absolute Gasteiger partial charge is 0.387 e. The third-order valence-corrected chi connectivity index (χ3v) is 3.85. The fourth-order valence-corrected chi connectivity index (χ4v) is 2.46. The summed E-state index contributed by atoms with van der Waals surface area (Å²) in [5, 5.41) is 12.1. The lowest BCUT2D eigenvalue weighted by Gasteiger charge is -2.41. The van der Waals surface area contributed by atoms with E-state index in [0.29, 0.717) is 18.6 Å². The molecule has 126 valence electrons. The van der Waals surface area contributed by atoms with Crippen LogP contribution in [0.25, 0.3) is 0 Å². The van der Waals surface area contributed by atoms with Crippen molar-refractivity contribution >= 4 is 11.8 Å². The molecule has 9 heteroatoms. The fourth-order valence-electron chi connectivity index (χ4n) is 2.46. The van der Waals surface area contributed by atoms with Gasteiger partial charge in [-0.2, -0.15) is 13.2 Å². The molecular weight excluding hydrogens is 320 g/mol. The van der Waals surface area contributed by atoms with Crippen molar-refractivity contribution < 1.29 is 32.3 Å². The Morgan fingerprint density at radius 2 is 1.91 bits per heavy atom. The van der Waals surface area contributed by atoms with E-state index in [0.717, 1.165) is 0 Å². The lowest BCUT2D eigenvalue weighted by atomic mass is 9.74. The normalized spacial score (nSPS) is 18.0. The molecule has 2 rings (SSSR count). The van der Waals surface area contributed by atoms with E-state index in [1.165, 1.54) is 0 Å². The lowest BCUT2D eigenvalue weighted by molar-refractivity contribution is -0.138. The predicted octanol–water partition coefficient (Wildman–Crippen LogP) is 1.34. The molecule has 5 nitrogen and oxygen atoms in total. The maximum Gasteiger partial charge on any atom is 0.417 e. The molecule has 4 N–H and O–H groups in total. The van der Waals surface area contributed by atoms with Gasteiger partial charge in [0.15, 0.2) is 0 Å². The molecule has 0 aromatic heterocycles. The minimum atomic E-state index is -4.95. The third-order valence-electron chi connectivity index (χ3n) is 3.85. The summed E-state index contributed by atoms with van der Waals surface area (Å²) in [7, 11) is 0. The molecule has 1 unspecified atom stereocenters. The Morgan fingerprint density at radius 1 is 1.30 bits per heavy atom. The van der Waals surface area contributed by atoms with Crippen molar-refractivity contribution in [1.29, 1.82) is 0 Å². The highest BCUT2D eigenvalue weighted by Gasteiger charge is 2.46. The highest BCUT2D eigenvalue weighted by atomic mass is 19.4. The Bertz CT molecular complexity index is 641. The zero-order chi connectivity index (χ0) is 17.4. The number of hydrogen-bond acceptors (Lipinski definition) is 3. The van der Waals surface area contributed by atoms with Gasteiger partial charge in [-0.1, -0.05) is 0 Å². The third kappa shape index (κ3) is 3.44. The van der Waals surface area contributed by atoms with E-state index in [1.54, 1.807) is 0 Å². The van der Waals surface area contributed by atoms with Gasteiger partial charge in [0, 0.05) is 0 Å². The first-order valence-electron chi connectivity index (χ1n) is 6.74. The van der Waals surface area contributed by atoms with E-state index < -0.39 is 46.6 Å². The number of halogens is 4. The van der Waals surface area contributed by atoms with Crippen molar-refractivity contribution in [3.8, 4) is 0 Å². The summed E-state index contributed by atoms with van der Waals surface area (Å²) >= 11 is 0. The number of amides is 2. The number of carbonyl (C=O) groups excluding carboxylic acids is 2. The molecule has 0 aliphatic heterocycles. The van der Waals surface area contributed by atoms with Crippen molar-refractivity contribution in [2.24, 2.45) is 5.73 Å². The average molecular weight is 334 g/mol. The van der Waals surface area contributed by atoms with E-state index in [2.05, 4.69) is 0 Å². The summed E-state index contributed by atoms with van der Waals surface area (Å²) in [6.07, 6.45) is -3.97. The minimum absolute atomic E-state index is 0.187. The van der Waals surface area contributed by atoms with E-state index >= 15 is 0 Å². The Labute approximate surface area is 128 Å². The van der Waals surface area contributed by atoms with E-state index in [1.807, 2.05) is 5.32 Å². The molecule has 0 bridgehead atoms. The van der Waals surface area contributed by atoms with Crippen LogP contribution in [0.2, 0.25) is 0 Å². The second-order valence-electron chi connectivity index (χ2n) is 5.45. The summed E-state index contributed by atoms with van der Waals surface area (Å²) in [5.74, 6) is -3.48. The fraction of sp³-hybridized carbons (Fsp3) is 0.429. The summed E-state index contributed by atoms with van der Waals surface area (Å²) in [5.41, 5.74) is 1.21. The quantitative estimate of drug-likeness (QED) is 0.726. The van der Waals surface area contributed by atoms with Gasteiger partial charge < -0.3 is 16.2 Å². The number of rotatable bonds is 4. The molecule has 1 atom stereocenters. The largest absolute Gasteiger partial charge is 0.417 e. The number of carbonyl (C=O) groups is 2. The Hall–Kier alpha value is -2.16. The molecule has 0 saturated heterocycles. The second-order valence-corrected chi connectivity index (χ2v) is 5.45.